The molecule has 0 amide bonds. The first kappa shape index (κ1) is 23.9. The summed E-state index contributed by atoms with van der Waals surface area (Å²) in [4.78, 5) is 10.4. The maximum atomic E-state index is 10.4. The Morgan fingerprint density at radius 1 is 0.720 bits per heavy atom. The topological polar surface area (TPSA) is 57.5 Å². The van der Waals surface area contributed by atoms with Crippen LogP contribution in [-0.2, 0) is 4.79 Å². The Bertz CT molecular complexity index is 336. The summed E-state index contributed by atoms with van der Waals surface area (Å²) in [6, 6.07) is 0. The fourth-order valence-corrected chi connectivity index (χ4v) is 2.94. The number of rotatable bonds is 19. The van der Waals surface area contributed by atoms with Gasteiger partial charge in [-0.1, -0.05) is 88.9 Å². The summed E-state index contributed by atoms with van der Waals surface area (Å²) in [7, 11) is 0. The summed E-state index contributed by atoms with van der Waals surface area (Å²) < 4.78 is 0. The molecule has 25 heavy (non-hydrogen) atoms. The molecule has 3 nitrogen and oxygen atoms in total. The molecule has 0 fully saturated rings. The molecule has 0 heterocycles. The standard InChI is InChI=1S/C22H40O3/c1-2-3-4-5-6-7-8-9-10-11-12-13-14-15-16-17-18-19-20-21(23)22(24)25/h2,18-19,21,23H,1,3-17,20H2,(H,24,25)/b19-18+. The fourth-order valence-electron chi connectivity index (χ4n) is 2.94. The number of hydrogen-bond acceptors (Lipinski definition) is 2. The third kappa shape index (κ3) is 19.1. The monoisotopic (exact) mass is 352 g/mol. The molecule has 0 aliphatic heterocycles. The van der Waals surface area contributed by atoms with Crippen molar-refractivity contribution in [2.75, 3.05) is 0 Å². The van der Waals surface area contributed by atoms with Crippen LogP contribution in [0.4, 0.5) is 0 Å². The van der Waals surface area contributed by atoms with E-state index in [-0.39, 0.29) is 6.42 Å². The third-order valence-corrected chi connectivity index (χ3v) is 4.59. The van der Waals surface area contributed by atoms with Crippen molar-refractivity contribution < 1.29 is 15.0 Å². The van der Waals surface area contributed by atoms with Gasteiger partial charge in [-0.05, 0) is 25.7 Å². The molecular formula is C22H40O3. The van der Waals surface area contributed by atoms with Gasteiger partial charge in [0, 0.05) is 6.42 Å². The van der Waals surface area contributed by atoms with Crippen molar-refractivity contribution in [3.63, 3.8) is 0 Å². The molecule has 2 N–H and O–H groups in total. The molecule has 0 saturated carbocycles. The molecule has 0 bridgehead atoms. The minimum absolute atomic E-state index is 0.212. The van der Waals surface area contributed by atoms with E-state index in [1.54, 1.807) is 6.08 Å². The Balaban J connectivity index is 3.13. The quantitative estimate of drug-likeness (QED) is 0.208. The fraction of sp³-hybridized carbons (Fsp3) is 0.773. The number of unbranched alkanes of at least 4 members (excludes halogenated alkanes) is 14. The maximum absolute atomic E-state index is 10.4. The number of hydrogen-bond donors (Lipinski definition) is 2. The van der Waals surface area contributed by atoms with Gasteiger partial charge >= 0.3 is 5.97 Å². The molecular weight excluding hydrogens is 312 g/mol. The van der Waals surface area contributed by atoms with Crippen LogP contribution in [0.25, 0.3) is 0 Å². The molecule has 0 spiro atoms. The minimum Gasteiger partial charge on any atom is -0.479 e. The first-order chi connectivity index (χ1) is 12.2. The smallest absolute Gasteiger partial charge is 0.332 e. The Labute approximate surface area is 155 Å². The van der Waals surface area contributed by atoms with Gasteiger partial charge in [0.2, 0.25) is 0 Å². The van der Waals surface area contributed by atoms with E-state index in [1.165, 1.54) is 83.5 Å². The highest BCUT2D eigenvalue weighted by Crippen LogP contribution is 2.13. The molecule has 0 radical (unpaired) electrons. The summed E-state index contributed by atoms with van der Waals surface area (Å²) in [6.45, 7) is 3.75. The zero-order valence-corrected chi connectivity index (χ0v) is 16.1. The number of carboxylic acids is 1. The second-order valence-corrected chi connectivity index (χ2v) is 7.02. The number of carboxylic acid groups (broad SMARTS) is 1. The van der Waals surface area contributed by atoms with Crippen molar-refractivity contribution in [3.8, 4) is 0 Å². The van der Waals surface area contributed by atoms with Gasteiger partial charge in [0.1, 0.15) is 0 Å². The van der Waals surface area contributed by atoms with Crippen molar-refractivity contribution in [2.45, 2.75) is 109 Å². The van der Waals surface area contributed by atoms with E-state index in [0.717, 1.165) is 12.8 Å². The van der Waals surface area contributed by atoms with E-state index in [9.17, 15) is 4.79 Å². The van der Waals surface area contributed by atoms with Gasteiger partial charge in [-0.2, -0.15) is 0 Å². The van der Waals surface area contributed by atoms with Crippen molar-refractivity contribution in [1.82, 2.24) is 0 Å². The zero-order valence-electron chi connectivity index (χ0n) is 16.1. The van der Waals surface area contributed by atoms with Gasteiger partial charge in [0.15, 0.2) is 6.10 Å². The average molecular weight is 353 g/mol. The van der Waals surface area contributed by atoms with Crippen molar-refractivity contribution in [2.24, 2.45) is 0 Å². The largest absolute Gasteiger partial charge is 0.479 e. The molecule has 1 atom stereocenters. The molecule has 146 valence electrons. The van der Waals surface area contributed by atoms with Gasteiger partial charge in [-0.3, -0.25) is 0 Å². The number of carbonyl (C=O) groups is 1. The molecule has 0 aliphatic carbocycles. The first-order valence-corrected chi connectivity index (χ1v) is 10.3. The molecule has 3 heteroatoms. The van der Waals surface area contributed by atoms with Crippen molar-refractivity contribution >= 4 is 5.97 Å². The molecule has 0 rings (SSSR count). The molecule has 0 aromatic carbocycles. The summed E-state index contributed by atoms with van der Waals surface area (Å²) in [5.74, 6) is -1.15. The molecule has 0 aromatic rings. The minimum atomic E-state index is -1.26. The van der Waals surface area contributed by atoms with Gasteiger partial charge in [0.25, 0.3) is 0 Å². The van der Waals surface area contributed by atoms with Gasteiger partial charge in [-0.15, -0.1) is 6.58 Å². The SMILES string of the molecule is C=CCCCCCCCCCCCCCCC/C=C/CC(O)C(=O)O. The lowest BCUT2D eigenvalue weighted by Gasteiger charge is -2.03. The van der Waals surface area contributed by atoms with Gasteiger partial charge in [0.05, 0.1) is 0 Å². The lowest BCUT2D eigenvalue weighted by Crippen LogP contribution is -2.17. The summed E-state index contributed by atoms with van der Waals surface area (Å²) in [6.07, 6.45) is 24.3. The highest BCUT2D eigenvalue weighted by atomic mass is 16.4. The van der Waals surface area contributed by atoms with Gasteiger partial charge < -0.3 is 10.2 Å². The Morgan fingerprint density at radius 3 is 1.52 bits per heavy atom. The van der Waals surface area contributed by atoms with E-state index in [1.807, 2.05) is 12.2 Å². The normalized spacial score (nSPS) is 12.5. The number of aliphatic hydroxyl groups is 1. The van der Waals surface area contributed by atoms with Crippen LogP contribution in [0.3, 0.4) is 0 Å². The molecule has 0 saturated heterocycles. The molecule has 0 aromatic heterocycles. The highest BCUT2D eigenvalue weighted by molar-refractivity contribution is 5.72. The third-order valence-electron chi connectivity index (χ3n) is 4.59. The van der Waals surface area contributed by atoms with Crippen LogP contribution in [0.5, 0.6) is 0 Å². The van der Waals surface area contributed by atoms with Gasteiger partial charge in [-0.25, -0.2) is 4.79 Å². The Kier molecular flexibility index (Phi) is 18.4. The van der Waals surface area contributed by atoms with Crippen LogP contribution in [-0.4, -0.2) is 22.3 Å². The van der Waals surface area contributed by atoms with Crippen LogP contribution >= 0.6 is 0 Å². The van der Waals surface area contributed by atoms with Crippen LogP contribution in [0.2, 0.25) is 0 Å². The van der Waals surface area contributed by atoms with Crippen LogP contribution < -0.4 is 0 Å². The average Bonchev–Trinajstić information content (AvgIpc) is 2.60. The van der Waals surface area contributed by atoms with Crippen LogP contribution in [0.1, 0.15) is 103 Å². The van der Waals surface area contributed by atoms with E-state index < -0.39 is 12.1 Å². The number of allylic oxidation sites excluding steroid dienone is 2. The number of aliphatic hydroxyl groups excluding tert-OH is 1. The second-order valence-electron chi connectivity index (χ2n) is 7.02. The predicted octanol–water partition coefficient (Wildman–Crippen LogP) is 6.42. The van der Waals surface area contributed by atoms with Crippen molar-refractivity contribution in [1.29, 1.82) is 0 Å². The second kappa shape index (κ2) is 19.2. The summed E-state index contributed by atoms with van der Waals surface area (Å²) >= 11 is 0. The Hall–Kier alpha value is -1.09. The van der Waals surface area contributed by atoms with E-state index >= 15 is 0 Å². The maximum Gasteiger partial charge on any atom is 0.332 e. The van der Waals surface area contributed by atoms with E-state index in [2.05, 4.69) is 6.58 Å². The summed E-state index contributed by atoms with van der Waals surface area (Å²) in [5, 5.41) is 17.6. The zero-order chi connectivity index (χ0) is 18.6. The lowest BCUT2D eigenvalue weighted by molar-refractivity contribution is -0.146. The number of aliphatic carboxylic acids is 1. The Morgan fingerprint density at radius 2 is 1.12 bits per heavy atom. The lowest BCUT2D eigenvalue weighted by atomic mass is 10.0. The van der Waals surface area contributed by atoms with E-state index in [0.29, 0.717) is 0 Å². The molecule has 0 aliphatic rings. The highest BCUT2D eigenvalue weighted by Gasteiger charge is 2.09. The summed E-state index contributed by atoms with van der Waals surface area (Å²) in [5.41, 5.74) is 0. The van der Waals surface area contributed by atoms with Crippen LogP contribution in [0.15, 0.2) is 24.8 Å². The van der Waals surface area contributed by atoms with E-state index in [4.69, 9.17) is 10.2 Å². The predicted molar refractivity (Wildman–Crippen MR) is 107 cm³/mol. The van der Waals surface area contributed by atoms with Crippen LogP contribution in [0, 0.1) is 0 Å². The first-order valence-electron chi connectivity index (χ1n) is 10.3. The van der Waals surface area contributed by atoms with Crippen molar-refractivity contribution in [3.05, 3.63) is 24.8 Å². The molecule has 1 unspecified atom stereocenters.